The Balaban J connectivity index is 2.82. The smallest absolute Gasteiger partial charge is 0.239 e. The number of carbonyl (C=O) groups is 1. The molecule has 0 spiro atoms. The molecule has 94 valence electrons. The molecule has 0 aliphatic rings. The van der Waals surface area contributed by atoms with E-state index in [0.29, 0.717) is 24.3 Å². The molecule has 1 atom stereocenters. The number of rotatable bonds is 6. The SMILES string of the molecule is COCCNC(C(N)=O)c1ccc(C)c(F)c1. The third-order valence-electron chi connectivity index (χ3n) is 2.47. The Kier molecular flexibility index (Phi) is 5.06. The maximum Gasteiger partial charge on any atom is 0.239 e. The van der Waals surface area contributed by atoms with Gasteiger partial charge in [-0.25, -0.2) is 4.39 Å². The number of nitrogens with one attached hydrogen (secondary N) is 1. The van der Waals surface area contributed by atoms with Gasteiger partial charge in [0.05, 0.1) is 6.61 Å². The standard InChI is InChI=1S/C12H17FN2O2/c1-8-3-4-9(7-10(8)13)11(12(14)16)15-5-6-17-2/h3-4,7,11,15H,5-6H2,1-2H3,(H2,14,16). The fourth-order valence-electron chi connectivity index (χ4n) is 1.48. The first-order valence-corrected chi connectivity index (χ1v) is 5.34. The predicted molar refractivity (Wildman–Crippen MR) is 63.0 cm³/mol. The lowest BCUT2D eigenvalue weighted by atomic mass is 10.0. The number of hydrogen-bond acceptors (Lipinski definition) is 3. The molecule has 17 heavy (non-hydrogen) atoms. The van der Waals surface area contributed by atoms with Gasteiger partial charge in [0, 0.05) is 13.7 Å². The zero-order chi connectivity index (χ0) is 12.8. The Hall–Kier alpha value is -1.46. The predicted octanol–water partition coefficient (Wildman–Crippen LogP) is 0.897. The first-order valence-electron chi connectivity index (χ1n) is 5.34. The second kappa shape index (κ2) is 6.32. The third kappa shape index (κ3) is 3.80. The van der Waals surface area contributed by atoms with Crippen LogP contribution in [0.25, 0.3) is 0 Å². The third-order valence-corrected chi connectivity index (χ3v) is 2.47. The fraction of sp³-hybridized carbons (Fsp3) is 0.417. The molecule has 0 fully saturated rings. The Morgan fingerprint density at radius 2 is 2.29 bits per heavy atom. The van der Waals surface area contributed by atoms with Crippen molar-refractivity contribution in [3.8, 4) is 0 Å². The van der Waals surface area contributed by atoms with E-state index in [1.54, 1.807) is 26.2 Å². The average molecular weight is 240 g/mol. The average Bonchev–Trinajstić information content (AvgIpc) is 2.28. The molecule has 0 bridgehead atoms. The summed E-state index contributed by atoms with van der Waals surface area (Å²) in [6.07, 6.45) is 0. The molecule has 1 aromatic carbocycles. The van der Waals surface area contributed by atoms with Crippen molar-refractivity contribution in [2.75, 3.05) is 20.3 Å². The number of aryl methyl sites for hydroxylation is 1. The summed E-state index contributed by atoms with van der Waals surface area (Å²) in [6, 6.07) is 3.94. The first-order chi connectivity index (χ1) is 8.06. The van der Waals surface area contributed by atoms with Crippen LogP contribution in [0.3, 0.4) is 0 Å². The summed E-state index contributed by atoms with van der Waals surface area (Å²) < 4.78 is 18.2. The quantitative estimate of drug-likeness (QED) is 0.726. The van der Waals surface area contributed by atoms with Gasteiger partial charge in [0.15, 0.2) is 0 Å². The zero-order valence-electron chi connectivity index (χ0n) is 10.00. The molecule has 3 N–H and O–H groups in total. The number of carbonyl (C=O) groups excluding carboxylic acids is 1. The topological polar surface area (TPSA) is 64.3 Å². The highest BCUT2D eigenvalue weighted by Gasteiger charge is 2.17. The number of halogens is 1. The van der Waals surface area contributed by atoms with Gasteiger partial charge in [0.1, 0.15) is 11.9 Å². The number of benzene rings is 1. The minimum Gasteiger partial charge on any atom is -0.383 e. The zero-order valence-corrected chi connectivity index (χ0v) is 10.00. The molecule has 0 saturated carbocycles. The Morgan fingerprint density at radius 1 is 1.59 bits per heavy atom. The molecule has 4 nitrogen and oxygen atoms in total. The van der Waals surface area contributed by atoms with E-state index < -0.39 is 11.9 Å². The van der Waals surface area contributed by atoms with Gasteiger partial charge in [-0.1, -0.05) is 12.1 Å². The van der Waals surface area contributed by atoms with Gasteiger partial charge in [-0.2, -0.15) is 0 Å². The van der Waals surface area contributed by atoms with Gasteiger partial charge >= 0.3 is 0 Å². The Labute approximate surface area is 100.0 Å². The van der Waals surface area contributed by atoms with Crippen LogP contribution in [0.15, 0.2) is 18.2 Å². The van der Waals surface area contributed by atoms with Crippen LogP contribution in [0.4, 0.5) is 4.39 Å². The van der Waals surface area contributed by atoms with Crippen LogP contribution in [0, 0.1) is 12.7 Å². The van der Waals surface area contributed by atoms with Gasteiger partial charge in [-0.15, -0.1) is 0 Å². The normalized spacial score (nSPS) is 12.4. The van der Waals surface area contributed by atoms with Crippen molar-refractivity contribution in [3.05, 3.63) is 35.1 Å². The second-order valence-electron chi connectivity index (χ2n) is 3.79. The molecule has 0 heterocycles. The minimum absolute atomic E-state index is 0.345. The number of hydrogen-bond donors (Lipinski definition) is 2. The van der Waals surface area contributed by atoms with Crippen molar-refractivity contribution >= 4 is 5.91 Å². The second-order valence-corrected chi connectivity index (χ2v) is 3.79. The number of nitrogens with two attached hydrogens (primary N) is 1. The van der Waals surface area contributed by atoms with Gasteiger partial charge < -0.3 is 10.5 Å². The first kappa shape index (κ1) is 13.6. The molecule has 1 aromatic rings. The Morgan fingerprint density at radius 3 is 2.82 bits per heavy atom. The van der Waals surface area contributed by atoms with E-state index in [-0.39, 0.29) is 5.82 Å². The van der Waals surface area contributed by atoms with E-state index in [1.165, 1.54) is 6.07 Å². The summed E-state index contributed by atoms with van der Waals surface area (Å²) in [7, 11) is 1.56. The van der Waals surface area contributed by atoms with E-state index in [4.69, 9.17) is 10.5 Å². The van der Waals surface area contributed by atoms with Gasteiger partial charge in [0.25, 0.3) is 0 Å². The molecule has 0 saturated heterocycles. The molecular formula is C12H17FN2O2. The molecule has 0 radical (unpaired) electrons. The highest BCUT2D eigenvalue weighted by molar-refractivity contribution is 5.81. The lowest BCUT2D eigenvalue weighted by molar-refractivity contribution is -0.120. The van der Waals surface area contributed by atoms with Gasteiger partial charge in [-0.3, -0.25) is 10.1 Å². The monoisotopic (exact) mass is 240 g/mol. The summed E-state index contributed by atoms with van der Waals surface area (Å²) >= 11 is 0. The summed E-state index contributed by atoms with van der Waals surface area (Å²) in [5.74, 6) is -0.883. The highest BCUT2D eigenvalue weighted by atomic mass is 19.1. The molecule has 1 rings (SSSR count). The maximum absolute atomic E-state index is 13.4. The van der Waals surface area contributed by atoms with Gasteiger partial charge in [0.2, 0.25) is 5.91 Å². The van der Waals surface area contributed by atoms with Crippen LogP contribution in [0.2, 0.25) is 0 Å². The maximum atomic E-state index is 13.4. The number of ether oxygens (including phenoxy) is 1. The van der Waals surface area contributed by atoms with Crippen molar-refractivity contribution in [2.45, 2.75) is 13.0 Å². The molecule has 0 aromatic heterocycles. The van der Waals surface area contributed by atoms with E-state index in [0.717, 1.165) is 0 Å². The van der Waals surface area contributed by atoms with Crippen LogP contribution in [-0.2, 0) is 9.53 Å². The largest absolute Gasteiger partial charge is 0.383 e. The summed E-state index contributed by atoms with van der Waals surface area (Å²) in [5.41, 5.74) is 6.34. The molecule has 0 aliphatic carbocycles. The number of amides is 1. The summed E-state index contributed by atoms with van der Waals surface area (Å²) in [5, 5.41) is 2.92. The van der Waals surface area contributed by atoms with Crippen molar-refractivity contribution in [1.29, 1.82) is 0 Å². The highest BCUT2D eigenvalue weighted by Crippen LogP contribution is 2.16. The van der Waals surface area contributed by atoms with E-state index in [1.807, 2.05) is 0 Å². The van der Waals surface area contributed by atoms with Crippen molar-refractivity contribution < 1.29 is 13.9 Å². The van der Waals surface area contributed by atoms with E-state index >= 15 is 0 Å². The van der Waals surface area contributed by atoms with Crippen molar-refractivity contribution in [2.24, 2.45) is 5.73 Å². The fourth-order valence-corrected chi connectivity index (χ4v) is 1.48. The molecule has 0 aliphatic heterocycles. The molecule has 5 heteroatoms. The lowest BCUT2D eigenvalue weighted by Crippen LogP contribution is -2.35. The minimum atomic E-state index is -0.694. The summed E-state index contributed by atoms with van der Waals surface area (Å²) in [4.78, 5) is 11.3. The van der Waals surface area contributed by atoms with Crippen LogP contribution in [0.5, 0.6) is 0 Å². The van der Waals surface area contributed by atoms with Crippen LogP contribution in [0.1, 0.15) is 17.2 Å². The summed E-state index contributed by atoms with van der Waals surface area (Å²) in [6.45, 7) is 2.59. The van der Waals surface area contributed by atoms with Crippen LogP contribution < -0.4 is 11.1 Å². The number of primary amides is 1. The van der Waals surface area contributed by atoms with Crippen LogP contribution >= 0.6 is 0 Å². The molecular weight excluding hydrogens is 223 g/mol. The van der Waals surface area contributed by atoms with E-state index in [2.05, 4.69) is 5.32 Å². The van der Waals surface area contributed by atoms with Gasteiger partial charge in [-0.05, 0) is 24.1 Å². The van der Waals surface area contributed by atoms with Crippen LogP contribution in [-0.4, -0.2) is 26.2 Å². The molecule has 1 amide bonds. The van der Waals surface area contributed by atoms with E-state index in [9.17, 15) is 9.18 Å². The van der Waals surface area contributed by atoms with Crippen molar-refractivity contribution in [3.63, 3.8) is 0 Å². The Bertz CT molecular complexity index is 396. The number of methoxy groups -OCH3 is 1. The molecule has 1 unspecified atom stereocenters. The lowest BCUT2D eigenvalue weighted by Gasteiger charge is -2.16. The van der Waals surface area contributed by atoms with Crippen molar-refractivity contribution in [1.82, 2.24) is 5.32 Å².